The highest BCUT2D eigenvalue weighted by Crippen LogP contribution is 2.09. The smallest absolute Gasteiger partial charge is 0.123 e. The van der Waals surface area contributed by atoms with Crippen LogP contribution >= 0.6 is 0 Å². The summed E-state index contributed by atoms with van der Waals surface area (Å²) in [7, 11) is 0. The average Bonchev–Trinajstić information content (AvgIpc) is 2.16. The number of rotatable bonds is 5. The van der Waals surface area contributed by atoms with Crippen molar-refractivity contribution in [3.63, 3.8) is 0 Å². The predicted octanol–water partition coefficient (Wildman–Crippen LogP) is 2.79. The average molecular weight is 207 g/mol. The lowest BCUT2D eigenvalue weighted by Gasteiger charge is -2.28. The molecule has 2 nitrogen and oxygen atoms in total. The Morgan fingerprint density at radius 3 is 2.60 bits per heavy atom. The van der Waals surface area contributed by atoms with E-state index < -0.39 is 0 Å². The van der Waals surface area contributed by atoms with Crippen LogP contribution in [0.25, 0.3) is 0 Å². The first-order valence-electron chi connectivity index (χ1n) is 5.64. The molecule has 0 aromatic rings. The zero-order valence-electron chi connectivity index (χ0n) is 9.92. The summed E-state index contributed by atoms with van der Waals surface area (Å²) < 4.78 is 5.75. The fourth-order valence-electron chi connectivity index (χ4n) is 1.35. The summed E-state index contributed by atoms with van der Waals surface area (Å²) in [4.78, 5) is 0. The molecule has 1 aliphatic rings. The second kappa shape index (κ2) is 6.46. The molecule has 0 saturated carbocycles. The fourth-order valence-corrected chi connectivity index (χ4v) is 1.35. The van der Waals surface area contributed by atoms with Gasteiger partial charge in [0.05, 0.1) is 0 Å². The van der Waals surface area contributed by atoms with Gasteiger partial charge in [0.1, 0.15) is 11.9 Å². The van der Waals surface area contributed by atoms with Gasteiger partial charge in [-0.3, -0.25) is 0 Å². The summed E-state index contributed by atoms with van der Waals surface area (Å²) in [5, 5.41) is 3.19. The quantitative estimate of drug-likeness (QED) is 0.553. The standard InChI is InChI=1S/C13H21NO/c1-4-6-11(3)7-8-12(5-2)15-13-9-14-10-13/h5-8,13-14H,4,9-10H2,1-3H3/b8-7-,11-6-,12-5+. The molecular formula is C13H21NO. The molecule has 1 N–H and O–H groups in total. The van der Waals surface area contributed by atoms with Crippen molar-refractivity contribution in [2.45, 2.75) is 33.3 Å². The van der Waals surface area contributed by atoms with E-state index in [2.05, 4.69) is 31.3 Å². The molecule has 15 heavy (non-hydrogen) atoms. The minimum atomic E-state index is 0.358. The topological polar surface area (TPSA) is 21.3 Å². The molecule has 0 aromatic carbocycles. The van der Waals surface area contributed by atoms with E-state index >= 15 is 0 Å². The Bertz CT molecular complexity index is 272. The van der Waals surface area contributed by atoms with Gasteiger partial charge in [0.15, 0.2) is 0 Å². The summed E-state index contributed by atoms with van der Waals surface area (Å²) in [6.07, 6.45) is 9.79. The summed E-state index contributed by atoms with van der Waals surface area (Å²) in [6, 6.07) is 0. The van der Waals surface area contributed by atoms with Gasteiger partial charge in [-0.2, -0.15) is 0 Å². The first kappa shape index (κ1) is 12.1. The van der Waals surface area contributed by atoms with Gasteiger partial charge in [0.2, 0.25) is 0 Å². The van der Waals surface area contributed by atoms with E-state index in [0.29, 0.717) is 6.10 Å². The molecule has 0 aliphatic carbocycles. The predicted molar refractivity (Wildman–Crippen MR) is 64.7 cm³/mol. The zero-order chi connectivity index (χ0) is 11.1. The molecule has 0 aromatic heterocycles. The number of allylic oxidation sites excluding steroid dienone is 5. The molecule has 2 heteroatoms. The second-order valence-corrected chi connectivity index (χ2v) is 3.78. The minimum Gasteiger partial charge on any atom is -0.488 e. The van der Waals surface area contributed by atoms with Gasteiger partial charge in [-0.25, -0.2) is 0 Å². The lowest BCUT2D eigenvalue weighted by molar-refractivity contribution is 0.0784. The van der Waals surface area contributed by atoms with Crippen LogP contribution < -0.4 is 5.32 Å². The van der Waals surface area contributed by atoms with Crippen molar-refractivity contribution in [3.8, 4) is 0 Å². The van der Waals surface area contributed by atoms with Crippen LogP contribution in [0.15, 0.2) is 35.6 Å². The van der Waals surface area contributed by atoms with Crippen LogP contribution in [0.3, 0.4) is 0 Å². The summed E-state index contributed by atoms with van der Waals surface area (Å²) in [6.45, 7) is 8.19. The highest BCUT2D eigenvalue weighted by molar-refractivity contribution is 5.23. The van der Waals surface area contributed by atoms with Gasteiger partial charge in [-0.1, -0.05) is 24.6 Å². The van der Waals surface area contributed by atoms with E-state index in [1.807, 2.05) is 19.1 Å². The van der Waals surface area contributed by atoms with Crippen LogP contribution in [0.4, 0.5) is 0 Å². The Kier molecular flexibility index (Phi) is 5.19. The van der Waals surface area contributed by atoms with Crippen molar-refractivity contribution in [2.75, 3.05) is 13.1 Å². The number of hydrogen-bond donors (Lipinski definition) is 1. The van der Waals surface area contributed by atoms with Crippen LogP contribution in [-0.4, -0.2) is 19.2 Å². The second-order valence-electron chi connectivity index (χ2n) is 3.78. The maximum Gasteiger partial charge on any atom is 0.123 e. The van der Waals surface area contributed by atoms with Crippen LogP contribution in [0.1, 0.15) is 27.2 Å². The molecule has 84 valence electrons. The Balaban J connectivity index is 2.42. The number of nitrogens with one attached hydrogen (secondary N) is 1. The third kappa shape index (κ3) is 4.34. The number of hydrogen-bond acceptors (Lipinski definition) is 2. The molecule has 0 atom stereocenters. The first-order chi connectivity index (χ1) is 7.26. The summed E-state index contributed by atoms with van der Waals surface area (Å²) >= 11 is 0. The lowest BCUT2D eigenvalue weighted by Crippen LogP contribution is -2.48. The van der Waals surface area contributed by atoms with Crippen molar-refractivity contribution < 1.29 is 4.74 Å². The third-order valence-electron chi connectivity index (χ3n) is 2.37. The SMILES string of the molecule is C\C=C(/C=C\C(C)=C/CC)OC1CNC1. The maximum atomic E-state index is 5.75. The molecule has 0 radical (unpaired) electrons. The van der Waals surface area contributed by atoms with Crippen molar-refractivity contribution in [2.24, 2.45) is 0 Å². The van der Waals surface area contributed by atoms with Crippen LogP contribution in [0.5, 0.6) is 0 Å². The normalized spacial score (nSPS) is 19.4. The van der Waals surface area contributed by atoms with Gasteiger partial charge < -0.3 is 10.1 Å². The van der Waals surface area contributed by atoms with Crippen LogP contribution in [0.2, 0.25) is 0 Å². The largest absolute Gasteiger partial charge is 0.488 e. The molecule has 1 rings (SSSR count). The molecule has 1 heterocycles. The van der Waals surface area contributed by atoms with Gasteiger partial charge in [-0.15, -0.1) is 0 Å². The van der Waals surface area contributed by atoms with Crippen molar-refractivity contribution in [1.82, 2.24) is 5.32 Å². The van der Waals surface area contributed by atoms with E-state index in [1.165, 1.54) is 5.57 Å². The lowest BCUT2D eigenvalue weighted by atomic mass is 10.2. The molecule has 0 spiro atoms. The summed E-state index contributed by atoms with van der Waals surface area (Å²) in [5.74, 6) is 0.963. The van der Waals surface area contributed by atoms with E-state index in [9.17, 15) is 0 Å². The molecule has 1 fully saturated rings. The first-order valence-corrected chi connectivity index (χ1v) is 5.64. The molecule has 0 unspecified atom stereocenters. The highest BCUT2D eigenvalue weighted by atomic mass is 16.5. The Morgan fingerprint density at radius 2 is 2.13 bits per heavy atom. The van der Waals surface area contributed by atoms with Gasteiger partial charge in [0.25, 0.3) is 0 Å². The Labute approximate surface area is 92.7 Å². The van der Waals surface area contributed by atoms with Crippen molar-refractivity contribution in [3.05, 3.63) is 35.6 Å². The molecule has 0 bridgehead atoms. The van der Waals surface area contributed by atoms with Crippen LogP contribution in [0, 0.1) is 0 Å². The van der Waals surface area contributed by atoms with E-state index in [-0.39, 0.29) is 0 Å². The van der Waals surface area contributed by atoms with Crippen molar-refractivity contribution >= 4 is 0 Å². The fraction of sp³-hybridized carbons (Fsp3) is 0.538. The summed E-state index contributed by atoms with van der Waals surface area (Å²) in [5.41, 5.74) is 1.28. The van der Waals surface area contributed by atoms with Gasteiger partial charge in [0, 0.05) is 13.1 Å². The molecule has 1 aliphatic heterocycles. The molecular weight excluding hydrogens is 186 g/mol. The van der Waals surface area contributed by atoms with Crippen LogP contribution in [-0.2, 0) is 4.74 Å². The van der Waals surface area contributed by atoms with Gasteiger partial charge in [-0.05, 0) is 32.4 Å². The Morgan fingerprint density at radius 1 is 1.40 bits per heavy atom. The maximum absolute atomic E-state index is 5.75. The zero-order valence-corrected chi connectivity index (χ0v) is 9.92. The van der Waals surface area contributed by atoms with E-state index in [4.69, 9.17) is 4.74 Å². The number of ether oxygens (including phenoxy) is 1. The van der Waals surface area contributed by atoms with E-state index in [1.54, 1.807) is 0 Å². The third-order valence-corrected chi connectivity index (χ3v) is 2.37. The van der Waals surface area contributed by atoms with Crippen molar-refractivity contribution in [1.29, 1.82) is 0 Å². The van der Waals surface area contributed by atoms with Gasteiger partial charge >= 0.3 is 0 Å². The molecule has 1 saturated heterocycles. The van der Waals surface area contributed by atoms with E-state index in [0.717, 1.165) is 25.3 Å². The Hall–Kier alpha value is -1.02. The monoisotopic (exact) mass is 207 g/mol. The minimum absolute atomic E-state index is 0.358. The molecule has 0 amide bonds. The highest BCUT2D eigenvalue weighted by Gasteiger charge is 2.17.